The number of hydrogen-bond donors (Lipinski definition) is 2. The van der Waals surface area contributed by atoms with Crippen LogP contribution in [-0.4, -0.2) is 65.2 Å². The Bertz CT molecular complexity index is 478. The summed E-state index contributed by atoms with van der Waals surface area (Å²) in [7, 11) is 0. The van der Waals surface area contributed by atoms with Crippen LogP contribution in [0.2, 0.25) is 0 Å². The molecule has 0 aromatic heterocycles. The molecule has 1 aromatic rings. The summed E-state index contributed by atoms with van der Waals surface area (Å²) in [5, 5.41) is 9.51. The van der Waals surface area contributed by atoms with Gasteiger partial charge in [-0.2, -0.15) is 0 Å². The lowest BCUT2D eigenvalue weighted by Crippen LogP contribution is -2.57. The number of nitrogens with zero attached hydrogens (tertiary/aromatic N) is 2. The number of amides is 1. The molecule has 0 saturated carbocycles. The molecule has 5 heteroatoms. The van der Waals surface area contributed by atoms with Crippen LogP contribution in [0.5, 0.6) is 0 Å². The first-order valence-electron chi connectivity index (χ1n) is 7.97. The van der Waals surface area contributed by atoms with Crippen molar-refractivity contribution in [1.82, 2.24) is 9.80 Å². The number of benzene rings is 1. The van der Waals surface area contributed by atoms with Crippen LogP contribution in [0.4, 0.5) is 0 Å². The number of nitrogens with two attached hydrogens (primary N) is 1. The summed E-state index contributed by atoms with van der Waals surface area (Å²) in [6.07, 6.45) is 0.229. The summed E-state index contributed by atoms with van der Waals surface area (Å²) >= 11 is 0. The third-order valence-corrected chi connectivity index (χ3v) is 4.19. The van der Waals surface area contributed by atoms with Crippen molar-refractivity contribution in [3.8, 4) is 0 Å². The van der Waals surface area contributed by atoms with E-state index in [0.717, 1.165) is 12.1 Å². The molecule has 1 fully saturated rings. The summed E-state index contributed by atoms with van der Waals surface area (Å²) in [6, 6.07) is 9.63. The lowest BCUT2D eigenvalue weighted by molar-refractivity contribution is -0.135. The number of rotatable bonds is 5. The summed E-state index contributed by atoms with van der Waals surface area (Å²) in [5.74, 6) is 0.0207. The molecule has 1 amide bonds. The molecular weight excluding hydrogens is 278 g/mol. The van der Waals surface area contributed by atoms with E-state index in [1.54, 1.807) is 6.92 Å². The lowest BCUT2D eigenvalue weighted by Gasteiger charge is -2.41. The van der Waals surface area contributed by atoms with Crippen molar-refractivity contribution in [2.75, 3.05) is 26.2 Å². The number of carbonyl (C=O) groups is 1. The molecule has 1 aliphatic rings. The Kier molecular flexibility index (Phi) is 5.94. The lowest BCUT2D eigenvalue weighted by atomic mass is 10.0. The van der Waals surface area contributed by atoms with E-state index in [0.29, 0.717) is 26.1 Å². The number of carbonyl (C=O) groups excluding carboxylic acids is 1. The first kappa shape index (κ1) is 16.9. The van der Waals surface area contributed by atoms with Crippen molar-refractivity contribution in [3.63, 3.8) is 0 Å². The maximum absolute atomic E-state index is 12.5. The molecule has 0 radical (unpaired) electrons. The fourth-order valence-corrected chi connectivity index (χ4v) is 3.00. The van der Waals surface area contributed by atoms with Gasteiger partial charge in [0.15, 0.2) is 0 Å². The quantitative estimate of drug-likeness (QED) is 0.830. The van der Waals surface area contributed by atoms with Gasteiger partial charge in [-0.1, -0.05) is 30.3 Å². The first-order chi connectivity index (χ1) is 10.5. The van der Waals surface area contributed by atoms with Crippen LogP contribution in [0.25, 0.3) is 0 Å². The van der Waals surface area contributed by atoms with Gasteiger partial charge in [-0.15, -0.1) is 0 Å². The summed E-state index contributed by atoms with van der Waals surface area (Å²) in [6.45, 7) is 6.67. The maximum atomic E-state index is 12.5. The first-order valence-corrected chi connectivity index (χ1v) is 7.97. The van der Waals surface area contributed by atoms with E-state index in [4.69, 9.17) is 5.73 Å². The zero-order valence-corrected chi connectivity index (χ0v) is 13.5. The molecular formula is C17H27N3O2. The van der Waals surface area contributed by atoms with Gasteiger partial charge in [0.25, 0.3) is 0 Å². The van der Waals surface area contributed by atoms with Gasteiger partial charge in [0.05, 0.1) is 12.1 Å². The largest absolute Gasteiger partial charge is 0.392 e. The molecule has 22 heavy (non-hydrogen) atoms. The molecule has 122 valence electrons. The zero-order valence-electron chi connectivity index (χ0n) is 13.5. The average Bonchev–Trinajstić information content (AvgIpc) is 2.49. The number of hydrogen-bond acceptors (Lipinski definition) is 4. The minimum absolute atomic E-state index is 0.0207. The van der Waals surface area contributed by atoms with Gasteiger partial charge in [0.1, 0.15) is 0 Å². The SMILES string of the molecule is CC(O)CN1CCN(C(=O)C(N)Cc2ccccc2)CC1C. The monoisotopic (exact) mass is 305 g/mol. The minimum atomic E-state index is -0.488. The topological polar surface area (TPSA) is 69.8 Å². The molecule has 3 N–H and O–H groups in total. The molecule has 3 atom stereocenters. The number of aliphatic hydroxyl groups excluding tert-OH is 1. The van der Waals surface area contributed by atoms with E-state index in [-0.39, 0.29) is 18.1 Å². The molecule has 1 heterocycles. The van der Waals surface area contributed by atoms with Gasteiger partial charge in [-0.3, -0.25) is 9.69 Å². The Morgan fingerprint density at radius 3 is 2.64 bits per heavy atom. The van der Waals surface area contributed by atoms with E-state index in [9.17, 15) is 9.90 Å². The molecule has 0 bridgehead atoms. The molecule has 2 rings (SSSR count). The van der Waals surface area contributed by atoms with Crippen LogP contribution >= 0.6 is 0 Å². The van der Waals surface area contributed by atoms with Crippen molar-refractivity contribution in [2.24, 2.45) is 5.73 Å². The van der Waals surface area contributed by atoms with Crippen LogP contribution in [0.3, 0.4) is 0 Å². The van der Waals surface area contributed by atoms with Crippen molar-refractivity contribution < 1.29 is 9.90 Å². The number of aliphatic hydroxyl groups is 1. The van der Waals surface area contributed by atoms with Crippen molar-refractivity contribution in [1.29, 1.82) is 0 Å². The third kappa shape index (κ3) is 4.53. The Balaban J connectivity index is 1.88. The van der Waals surface area contributed by atoms with E-state index >= 15 is 0 Å². The summed E-state index contributed by atoms with van der Waals surface area (Å²) in [4.78, 5) is 16.6. The second kappa shape index (κ2) is 7.72. The predicted octanol–water partition coefficient (Wildman–Crippen LogP) is 0.470. The van der Waals surface area contributed by atoms with Gasteiger partial charge in [0, 0.05) is 32.2 Å². The smallest absolute Gasteiger partial charge is 0.239 e. The van der Waals surface area contributed by atoms with Gasteiger partial charge in [-0.25, -0.2) is 0 Å². The fourth-order valence-electron chi connectivity index (χ4n) is 3.00. The van der Waals surface area contributed by atoms with E-state index in [1.807, 2.05) is 35.2 Å². The average molecular weight is 305 g/mol. The van der Waals surface area contributed by atoms with Crippen LogP contribution in [-0.2, 0) is 11.2 Å². The van der Waals surface area contributed by atoms with Gasteiger partial charge in [0.2, 0.25) is 5.91 Å². The van der Waals surface area contributed by atoms with Crippen LogP contribution in [0.15, 0.2) is 30.3 Å². The Morgan fingerprint density at radius 2 is 2.05 bits per heavy atom. The third-order valence-electron chi connectivity index (χ3n) is 4.19. The minimum Gasteiger partial charge on any atom is -0.392 e. The van der Waals surface area contributed by atoms with E-state index in [2.05, 4.69) is 11.8 Å². The Labute approximate surface area is 132 Å². The van der Waals surface area contributed by atoms with Crippen molar-refractivity contribution in [2.45, 2.75) is 38.5 Å². The van der Waals surface area contributed by atoms with Gasteiger partial charge >= 0.3 is 0 Å². The van der Waals surface area contributed by atoms with E-state index in [1.165, 1.54) is 0 Å². The van der Waals surface area contributed by atoms with Crippen LogP contribution in [0.1, 0.15) is 19.4 Å². The highest BCUT2D eigenvalue weighted by Crippen LogP contribution is 2.12. The molecule has 1 aliphatic heterocycles. The molecule has 0 aliphatic carbocycles. The molecule has 1 aromatic carbocycles. The van der Waals surface area contributed by atoms with Gasteiger partial charge in [-0.05, 0) is 25.8 Å². The summed E-state index contributed by atoms with van der Waals surface area (Å²) in [5.41, 5.74) is 7.18. The predicted molar refractivity (Wildman–Crippen MR) is 87.4 cm³/mol. The van der Waals surface area contributed by atoms with Crippen molar-refractivity contribution >= 4 is 5.91 Å². The highest BCUT2D eigenvalue weighted by atomic mass is 16.3. The van der Waals surface area contributed by atoms with Crippen molar-refractivity contribution in [3.05, 3.63) is 35.9 Å². The van der Waals surface area contributed by atoms with Gasteiger partial charge < -0.3 is 15.7 Å². The highest BCUT2D eigenvalue weighted by Gasteiger charge is 2.29. The zero-order chi connectivity index (χ0) is 16.1. The van der Waals surface area contributed by atoms with Crippen LogP contribution < -0.4 is 5.73 Å². The Hall–Kier alpha value is -1.43. The fraction of sp³-hybridized carbons (Fsp3) is 0.588. The maximum Gasteiger partial charge on any atom is 0.239 e. The second-order valence-electron chi connectivity index (χ2n) is 6.27. The number of β-amino-alcohol motifs (C(OH)–C–C–N with tert-alkyl or cyclic N) is 1. The molecule has 1 saturated heterocycles. The highest BCUT2D eigenvalue weighted by molar-refractivity contribution is 5.82. The second-order valence-corrected chi connectivity index (χ2v) is 6.27. The van der Waals surface area contributed by atoms with Crippen LogP contribution in [0, 0.1) is 0 Å². The number of piperazine rings is 1. The van der Waals surface area contributed by atoms with E-state index < -0.39 is 6.04 Å². The normalized spacial score (nSPS) is 22.4. The Morgan fingerprint density at radius 1 is 1.36 bits per heavy atom. The molecule has 0 spiro atoms. The standard InChI is InChI=1S/C17H27N3O2/c1-13-11-20(9-8-19(13)12-14(2)21)17(22)16(18)10-15-6-4-3-5-7-15/h3-7,13-14,16,21H,8-12,18H2,1-2H3. The molecule has 3 unspecified atom stereocenters. The summed E-state index contributed by atoms with van der Waals surface area (Å²) < 4.78 is 0. The molecule has 5 nitrogen and oxygen atoms in total.